The summed E-state index contributed by atoms with van der Waals surface area (Å²) in [5.41, 5.74) is 1.42. The van der Waals surface area contributed by atoms with E-state index in [-0.39, 0.29) is 17.4 Å². The first-order valence-electron chi connectivity index (χ1n) is 7.67. The lowest BCUT2D eigenvalue weighted by Gasteiger charge is -2.18. The van der Waals surface area contributed by atoms with Crippen LogP contribution in [0.1, 0.15) is 41.4 Å². The molecule has 0 aliphatic carbocycles. The Morgan fingerprint density at radius 1 is 1.08 bits per heavy atom. The van der Waals surface area contributed by atoms with Gasteiger partial charge in [0.15, 0.2) is 6.10 Å². The van der Waals surface area contributed by atoms with Crippen molar-refractivity contribution in [2.24, 2.45) is 0 Å². The molecule has 0 aliphatic heterocycles. The fourth-order valence-corrected chi connectivity index (χ4v) is 2.13. The van der Waals surface area contributed by atoms with Crippen molar-refractivity contribution in [1.82, 2.24) is 5.32 Å². The number of benzene rings is 2. The molecule has 2 aromatic rings. The predicted octanol–water partition coefficient (Wildman–Crippen LogP) is 3.12. The molecule has 0 fully saturated rings. The van der Waals surface area contributed by atoms with Crippen molar-refractivity contribution >= 4 is 11.9 Å². The fourth-order valence-electron chi connectivity index (χ4n) is 2.13. The van der Waals surface area contributed by atoms with Gasteiger partial charge in [-0.1, -0.05) is 12.1 Å². The van der Waals surface area contributed by atoms with Gasteiger partial charge < -0.3 is 10.1 Å². The maximum atomic E-state index is 12.9. The van der Waals surface area contributed by atoms with Crippen molar-refractivity contribution in [2.45, 2.75) is 26.0 Å². The molecule has 0 unspecified atom stereocenters. The van der Waals surface area contributed by atoms with E-state index in [4.69, 9.17) is 10.00 Å². The summed E-state index contributed by atoms with van der Waals surface area (Å²) in [6, 6.07) is 13.3. The Morgan fingerprint density at radius 3 is 2.24 bits per heavy atom. The zero-order chi connectivity index (χ0) is 18.4. The average molecular weight is 340 g/mol. The Labute approximate surface area is 145 Å². The first-order chi connectivity index (χ1) is 11.9. The molecule has 0 saturated heterocycles. The second-order valence-electron chi connectivity index (χ2n) is 5.52. The summed E-state index contributed by atoms with van der Waals surface area (Å²) < 4.78 is 18.1. The normalized spacial score (nSPS) is 12.6. The van der Waals surface area contributed by atoms with Gasteiger partial charge >= 0.3 is 5.97 Å². The van der Waals surface area contributed by atoms with E-state index in [1.54, 1.807) is 19.1 Å². The van der Waals surface area contributed by atoms with Crippen LogP contribution in [-0.2, 0) is 9.53 Å². The highest BCUT2D eigenvalue weighted by molar-refractivity contribution is 5.92. The van der Waals surface area contributed by atoms with Crippen molar-refractivity contribution in [2.75, 3.05) is 0 Å². The highest BCUT2D eigenvalue weighted by atomic mass is 19.1. The van der Waals surface area contributed by atoms with Gasteiger partial charge in [0.1, 0.15) is 5.82 Å². The number of halogens is 1. The molecule has 0 aromatic heterocycles. The highest BCUT2D eigenvalue weighted by Gasteiger charge is 2.20. The molecular formula is C19H17FN2O3. The molecular weight excluding hydrogens is 323 g/mol. The Kier molecular flexibility index (Phi) is 5.85. The van der Waals surface area contributed by atoms with Crippen LogP contribution in [0, 0.1) is 17.1 Å². The summed E-state index contributed by atoms with van der Waals surface area (Å²) in [5.74, 6) is -1.47. The Hall–Kier alpha value is -3.20. The second-order valence-corrected chi connectivity index (χ2v) is 5.52. The van der Waals surface area contributed by atoms with E-state index >= 15 is 0 Å². The lowest BCUT2D eigenvalue weighted by Crippen LogP contribution is -2.37. The third kappa shape index (κ3) is 4.88. The smallest absolute Gasteiger partial charge is 0.338 e. The fraction of sp³-hybridized carbons (Fsp3) is 0.211. The molecule has 0 radical (unpaired) electrons. The molecule has 0 spiro atoms. The number of nitrogens with one attached hydrogen (secondary N) is 1. The molecule has 2 rings (SSSR count). The monoisotopic (exact) mass is 340 g/mol. The quantitative estimate of drug-likeness (QED) is 0.848. The molecule has 128 valence electrons. The van der Waals surface area contributed by atoms with Crippen LogP contribution < -0.4 is 5.32 Å². The van der Waals surface area contributed by atoms with Crippen LogP contribution in [0.4, 0.5) is 4.39 Å². The lowest BCUT2D eigenvalue weighted by atomic mass is 10.1. The van der Waals surface area contributed by atoms with Gasteiger partial charge in [0.05, 0.1) is 23.2 Å². The van der Waals surface area contributed by atoms with E-state index in [0.29, 0.717) is 5.56 Å². The number of carbonyl (C=O) groups excluding carboxylic acids is 2. The van der Waals surface area contributed by atoms with E-state index in [0.717, 1.165) is 5.56 Å². The first-order valence-corrected chi connectivity index (χ1v) is 7.67. The number of nitriles is 1. The Morgan fingerprint density at radius 2 is 1.68 bits per heavy atom. The third-order valence-electron chi connectivity index (χ3n) is 3.63. The van der Waals surface area contributed by atoms with Gasteiger partial charge in [-0.25, -0.2) is 9.18 Å². The van der Waals surface area contributed by atoms with Crippen molar-refractivity contribution in [3.05, 3.63) is 71.0 Å². The van der Waals surface area contributed by atoms with Gasteiger partial charge in [-0.2, -0.15) is 5.26 Å². The minimum atomic E-state index is -0.994. The summed E-state index contributed by atoms with van der Waals surface area (Å²) in [6.45, 7) is 3.22. The molecule has 25 heavy (non-hydrogen) atoms. The molecule has 1 N–H and O–H groups in total. The van der Waals surface area contributed by atoms with Crippen molar-refractivity contribution < 1.29 is 18.7 Å². The number of hydrogen-bond donors (Lipinski definition) is 1. The Bertz CT molecular complexity index is 795. The molecule has 0 heterocycles. The molecule has 2 aromatic carbocycles. The first kappa shape index (κ1) is 18.1. The second kappa shape index (κ2) is 8.06. The van der Waals surface area contributed by atoms with Crippen LogP contribution in [-0.4, -0.2) is 18.0 Å². The number of ether oxygens (including phenoxy) is 1. The van der Waals surface area contributed by atoms with Gasteiger partial charge in [-0.15, -0.1) is 0 Å². The van der Waals surface area contributed by atoms with Gasteiger partial charge in [0, 0.05) is 0 Å². The molecule has 5 nitrogen and oxygen atoms in total. The molecule has 2 atom stereocenters. The highest BCUT2D eigenvalue weighted by Crippen LogP contribution is 2.13. The summed E-state index contributed by atoms with van der Waals surface area (Å²) in [4.78, 5) is 24.2. The molecule has 1 amide bonds. The standard InChI is InChI=1S/C19H17FN2O3/c1-12(15-7-9-17(20)10-8-15)22-18(23)13(2)25-19(24)16-5-3-14(11-21)4-6-16/h3-10,12-13H,1-2H3,(H,22,23)/t12-,13-/m0/s1. The Balaban J connectivity index is 1.93. The van der Waals surface area contributed by atoms with E-state index in [9.17, 15) is 14.0 Å². The minimum absolute atomic E-state index is 0.255. The van der Waals surface area contributed by atoms with Crippen LogP contribution in [0.15, 0.2) is 48.5 Å². The molecule has 0 aliphatic rings. The van der Waals surface area contributed by atoms with E-state index < -0.39 is 18.0 Å². The molecule has 0 saturated carbocycles. The van der Waals surface area contributed by atoms with Crippen molar-refractivity contribution in [3.63, 3.8) is 0 Å². The van der Waals surface area contributed by atoms with Crippen molar-refractivity contribution in [1.29, 1.82) is 5.26 Å². The van der Waals surface area contributed by atoms with Crippen LogP contribution in [0.3, 0.4) is 0 Å². The van der Waals surface area contributed by atoms with Crippen LogP contribution in [0.2, 0.25) is 0 Å². The predicted molar refractivity (Wildman–Crippen MR) is 89.0 cm³/mol. The number of esters is 1. The summed E-state index contributed by atoms with van der Waals surface area (Å²) in [6.07, 6.45) is -0.994. The van der Waals surface area contributed by atoms with Crippen molar-refractivity contribution in [3.8, 4) is 6.07 Å². The summed E-state index contributed by atoms with van der Waals surface area (Å²) >= 11 is 0. The largest absolute Gasteiger partial charge is 0.449 e. The topological polar surface area (TPSA) is 79.2 Å². The van der Waals surface area contributed by atoms with E-state index in [1.807, 2.05) is 6.07 Å². The summed E-state index contributed by atoms with van der Waals surface area (Å²) in [5, 5.41) is 11.4. The maximum absolute atomic E-state index is 12.9. The van der Waals surface area contributed by atoms with Crippen LogP contribution in [0.25, 0.3) is 0 Å². The lowest BCUT2D eigenvalue weighted by molar-refractivity contribution is -0.129. The molecule has 0 bridgehead atoms. The molecule has 6 heteroatoms. The number of rotatable bonds is 5. The third-order valence-corrected chi connectivity index (χ3v) is 3.63. The van der Waals surface area contributed by atoms with E-state index in [2.05, 4.69) is 5.32 Å². The average Bonchev–Trinajstić information content (AvgIpc) is 2.62. The van der Waals surface area contributed by atoms with Gasteiger partial charge in [0.2, 0.25) is 0 Å². The van der Waals surface area contributed by atoms with E-state index in [1.165, 1.54) is 43.3 Å². The SMILES string of the molecule is C[C@H](OC(=O)c1ccc(C#N)cc1)C(=O)N[C@@H](C)c1ccc(F)cc1. The maximum Gasteiger partial charge on any atom is 0.338 e. The summed E-state index contributed by atoms with van der Waals surface area (Å²) in [7, 11) is 0. The van der Waals surface area contributed by atoms with Gasteiger partial charge in [-0.05, 0) is 55.8 Å². The minimum Gasteiger partial charge on any atom is -0.449 e. The number of nitrogens with zero attached hydrogens (tertiary/aromatic N) is 1. The van der Waals surface area contributed by atoms with Crippen LogP contribution in [0.5, 0.6) is 0 Å². The zero-order valence-electron chi connectivity index (χ0n) is 13.8. The number of amides is 1. The number of carbonyl (C=O) groups is 2. The van der Waals surface area contributed by atoms with Gasteiger partial charge in [-0.3, -0.25) is 4.79 Å². The number of hydrogen-bond acceptors (Lipinski definition) is 4. The van der Waals surface area contributed by atoms with Crippen LogP contribution >= 0.6 is 0 Å². The van der Waals surface area contributed by atoms with Gasteiger partial charge in [0.25, 0.3) is 5.91 Å². The zero-order valence-corrected chi connectivity index (χ0v) is 13.8.